The summed E-state index contributed by atoms with van der Waals surface area (Å²) in [6, 6.07) is 3.45. The molecule has 3 heterocycles. The third kappa shape index (κ3) is 2.21. The first-order chi connectivity index (χ1) is 9.60. The number of hydrogen-bond donors (Lipinski definition) is 0. The van der Waals surface area contributed by atoms with Gasteiger partial charge in [-0.2, -0.15) is 0 Å². The molecule has 0 unspecified atom stereocenters. The Balaban J connectivity index is 2.24. The second kappa shape index (κ2) is 5.16. The van der Waals surface area contributed by atoms with Crippen molar-refractivity contribution in [3.63, 3.8) is 0 Å². The quantitative estimate of drug-likeness (QED) is 0.644. The van der Waals surface area contributed by atoms with Crippen LogP contribution in [0.15, 0.2) is 27.5 Å². The first-order valence-electron chi connectivity index (χ1n) is 5.47. The molecule has 0 aliphatic rings. The zero-order valence-electron chi connectivity index (χ0n) is 10.1. The summed E-state index contributed by atoms with van der Waals surface area (Å²) in [7, 11) is 1.32. The molecule has 0 fully saturated rings. The maximum atomic E-state index is 11.6. The predicted octanol–water partition coefficient (Wildman–Crippen LogP) is 3.66. The SMILES string of the molecule is COC(=O)c1cc(Cl)c2nnc(-c3csc(Br)c3)n2c1. The Morgan fingerprint density at radius 2 is 2.25 bits per heavy atom. The van der Waals surface area contributed by atoms with Crippen LogP contribution in [0.1, 0.15) is 10.4 Å². The van der Waals surface area contributed by atoms with Gasteiger partial charge in [-0.05, 0) is 28.1 Å². The van der Waals surface area contributed by atoms with Crippen LogP contribution in [0, 0.1) is 0 Å². The minimum atomic E-state index is -0.458. The van der Waals surface area contributed by atoms with Gasteiger partial charge in [0.1, 0.15) is 0 Å². The van der Waals surface area contributed by atoms with Gasteiger partial charge in [-0.1, -0.05) is 11.6 Å². The summed E-state index contributed by atoms with van der Waals surface area (Å²) in [5.41, 5.74) is 1.74. The number of carbonyl (C=O) groups is 1. The van der Waals surface area contributed by atoms with Crippen LogP contribution in [0.5, 0.6) is 0 Å². The molecule has 0 amide bonds. The number of ether oxygens (including phenoxy) is 1. The van der Waals surface area contributed by atoms with E-state index in [2.05, 4.69) is 26.1 Å². The summed E-state index contributed by atoms with van der Waals surface area (Å²) < 4.78 is 7.38. The number of nitrogens with zero attached hydrogens (tertiary/aromatic N) is 3. The van der Waals surface area contributed by atoms with Crippen LogP contribution in [0.2, 0.25) is 5.02 Å². The van der Waals surface area contributed by atoms with Gasteiger partial charge >= 0.3 is 5.97 Å². The predicted molar refractivity (Wildman–Crippen MR) is 80.3 cm³/mol. The molecule has 5 nitrogen and oxygen atoms in total. The largest absolute Gasteiger partial charge is 0.465 e. The van der Waals surface area contributed by atoms with Crippen LogP contribution in [0.25, 0.3) is 17.0 Å². The molecule has 0 saturated heterocycles. The van der Waals surface area contributed by atoms with Gasteiger partial charge in [0, 0.05) is 17.1 Å². The van der Waals surface area contributed by atoms with Crippen molar-refractivity contribution < 1.29 is 9.53 Å². The van der Waals surface area contributed by atoms with Gasteiger partial charge in [-0.25, -0.2) is 4.79 Å². The van der Waals surface area contributed by atoms with Gasteiger partial charge in [0.2, 0.25) is 0 Å². The van der Waals surface area contributed by atoms with E-state index in [-0.39, 0.29) is 0 Å². The van der Waals surface area contributed by atoms with Gasteiger partial charge in [0.15, 0.2) is 11.5 Å². The Morgan fingerprint density at radius 3 is 2.90 bits per heavy atom. The number of carbonyl (C=O) groups excluding carboxylic acids is 1. The molecule has 0 aliphatic carbocycles. The number of esters is 1. The van der Waals surface area contributed by atoms with Crippen LogP contribution >= 0.6 is 38.9 Å². The molecule has 20 heavy (non-hydrogen) atoms. The van der Waals surface area contributed by atoms with Crippen LogP contribution in [0.3, 0.4) is 0 Å². The molecular formula is C12H7BrClN3O2S. The fraction of sp³-hybridized carbons (Fsp3) is 0.0833. The Bertz CT molecular complexity index is 814. The summed E-state index contributed by atoms with van der Waals surface area (Å²) in [5.74, 6) is 0.162. The van der Waals surface area contributed by atoms with Crippen LogP contribution in [-0.4, -0.2) is 27.7 Å². The number of thiophene rings is 1. The van der Waals surface area contributed by atoms with Crippen molar-refractivity contribution in [3.8, 4) is 11.4 Å². The normalized spacial score (nSPS) is 10.9. The fourth-order valence-corrected chi connectivity index (χ4v) is 3.19. The van der Waals surface area contributed by atoms with Crippen molar-refractivity contribution in [2.24, 2.45) is 0 Å². The maximum absolute atomic E-state index is 11.6. The lowest BCUT2D eigenvalue weighted by Crippen LogP contribution is -2.03. The lowest BCUT2D eigenvalue weighted by Gasteiger charge is -2.03. The zero-order chi connectivity index (χ0) is 14.3. The molecule has 0 spiro atoms. The van der Waals surface area contributed by atoms with Crippen LogP contribution in [-0.2, 0) is 4.74 Å². The fourth-order valence-electron chi connectivity index (χ4n) is 1.81. The van der Waals surface area contributed by atoms with Gasteiger partial charge in [-0.15, -0.1) is 21.5 Å². The first-order valence-corrected chi connectivity index (χ1v) is 7.52. The highest BCUT2D eigenvalue weighted by molar-refractivity contribution is 9.11. The van der Waals surface area contributed by atoms with Crippen molar-refractivity contribution >= 4 is 50.5 Å². The van der Waals surface area contributed by atoms with E-state index in [1.54, 1.807) is 21.9 Å². The van der Waals surface area contributed by atoms with Gasteiger partial charge in [-0.3, -0.25) is 4.40 Å². The molecule has 3 rings (SSSR count). The Morgan fingerprint density at radius 1 is 1.45 bits per heavy atom. The lowest BCUT2D eigenvalue weighted by atomic mass is 10.2. The lowest BCUT2D eigenvalue weighted by molar-refractivity contribution is 0.0600. The maximum Gasteiger partial charge on any atom is 0.339 e. The second-order valence-corrected chi connectivity index (χ2v) is 6.62. The Hall–Kier alpha value is -1.44. The van der Waals surface area contributed by atoms with Crippen molar-refractivity contribution in [2.75, 3.05) is 7.11 Å². The van der Waals surface area contributed by atoms with E-state index in [9.17, 15) is 4.79 Å². The highest BCUT2D eigenvalue weighted by Gasteiger charge is 2.16. The summed E-state index contributed by atoms with van der Waals surface area (Å²) in [4.78, 5) is 11.6. The summed E-state index contributed by atoms with van der Waals surface area (Å²) in [6.45, 7) is 0. The number of aromatic nitrogens is 3. The zero-order valence-corrected chi connectivity index (χ0v) is 13.3. The standard InChI is InChI=1S/C12H7BrClN3O2S/c1-19-12(18)6-2-8(14)11-16-15-10(17(11)4-6)7-3-9(13)20-5-7/h2-5H,1H3. The second-order valence-electron chi connectivity index (χ2n) is 3.93. The van der Waals surface area contributed by atoms with Crippen LogP contribution in [0.4, 0.5) is 0 Å². The molecule has 0 N–H and O–H groups in total. The number of pyridine rings is 1. The van der Waals surface area contributed by atoms with Crippen molar-refractivity contribution in [2.45, 2.75) is 0 Å². The number of halogens is 2. The molecule has 8 heteroatoms. The molecule has 3 aromatic rings. The molecule has 0 atom stereocenters. The van der Waals surface area contributed by atoms with Crippen molar-refractivity contribution in [1.82, 2.24) is 14.6 Å². The molecule has 102 valence electrons. The highest BCUT2D eigenvalue weighted by atomic mass is 79.9. The molecule has 0 bridgehead atoms. The number of hydrogen-bond acceptors (Lipinski definition) is 5. The molecule has 0 radical (unpaired) electrons. The smallest absolute Gasteiger partial charge is 0.339 e. The average Bonchev–Trinajstić information content (AvgIpc) is 3.03. The number of methoxy groups -OCH3 is 1. The highest BCUT2D eigenvalue weighted by Crippen LogP contribution is 2.29. The third-order valence-corrected chi connectivity index (χ3v) is 4.49. The summed E-state index contributed by atoms with van der Waals surface area (Å²) in [6.07, 6.45) is 1.62. The summed E-state index contributed by atoms with van der Waals surface area (Å²) >= 11 is 11.1. The van der Waals surface area contributed by atoms with E-state index in [0.29, 0.717) is 22.1 Å². The van der Waals surface area contributed by atoms with E-state index < -0.39 is 5.97 Å². The van der Waals surface area contributed by atoms with E-state index in [4.69, 9.17) is 16.3 Å². The van der Waals surface area contributed by atoms with Gasteiger partial charge in [0.05, 0.1) is 21.5 Å². The third-order valence-electron chi connectivity index (χ3n) is 2.71. The van der Waals surface area contributed by atoms with Crippen molar-refractivity contribution in [3.05, 3.63) is 38.1 Å². The average molecular weight is 373 g/mol. The van der Waals surface area contributed by atoms with Gasteiger partial charge < -0.3 is 4.74 Å². The minimum Gasteiger partial charge on any atom is -0.465 e. The van der Waals surface area contributed by atoms with Crippen LogP contribution < -0.4 is 0 Å². The minimum absolute atomic E-state index is 0.348. The van der Waals surface area contributed by atoms with E-state index >= 15 is 0 Å². The van der Waals surface area contributed by atoms with E-state index in [0.717, 1.165) is 9.35 Å². The van der Waals surface area contributed by atoms with Gasteiger partial charge in [0.25, 0.3) is 0 Å². The number of rotatable bonds is 2. The monoisotopic (exact) mass is 371 g/mol. The molecular weight excluding hydrogens is 366 g/mol. The van der Waals surface area contributed by atoms with E-state index in [1.165, 1.54) is 13.2 Å². The van der Waals surface area contributed by atoms with Crippen molar-refractivity contribution in [1.29, 1.82) is 0 Å². The molecule has 0 aromatic carbocycles. The topological polar surface area (TPSA) is 56.5 Å². The summed E-state index contributed by atoms with van der Waals surface area (Å²) in [5, 5.41) is 10.5. The Labute approximate surface area is 131 Å². The molecule has 0 aliphatic heterocycles. The number of fused-ring (bicyclic) bond motifs is 1. The molecule has 0 saturated carbocycles. The first kappa shape index (κ1) is 13.5. The van der Waals surface area contributed by atoms with E-state index in [1.807, 2.05) is 11.4 Å². The Kier molecular flexibility index (Phi) is 3.49. The molecule has 3 aromatic heterocycles.